The van der Waals surface area contributed by atoms with Crippen LogP contribution >= 0.6 is 0 Å². The minimum atomic E-state index is -4.61. The van der Waals surface area contributed by atoms with Crippen molar-refractivity contribution in [2.45, 2.75) is 25.9 Å². The summed E-state index contributed by atoms with van der Waals surface area (Å²) in [4.78, 5) is 0. The monoisotopic (exact) mass is 300 g/mol. The zero-order valence-electron chi connectivity index (χ0n) is 11.4. The molecule has 0 amide bonds. The van der Waals surface area contributed by atoms with Crippen LogP contribution in [0.25, 0.3) is 11.1 Å². The molecule has 0 nitrogen and oxygen atoms in total. The van der Waals surface area contributed by atoms with Gasteiger partial charge < -0.3 is 0 Å². The van der Waals surface area contributed by atoms with Gasteiger partial charge in [-0.15, -0.1) is 0 Å². The third kappa shape index (κ3) is 3.23. The van der Waals surface area contributed by atoms with Crippen LogP contribution in [0.5, 0.6) is 0 Å². The van der Waals surface area contributed by atoms with E-state index in [0.717, 1.165) is 18.2 Å². The minimum absolute atomic E-state index is 0.0118. The first kappa shape index (κ1) is 15.5. The smallest absolute Gasteiger partial charge is 0.207 e. The molecule has 2 rings (SSSR count). The van der Waals surface area contributed by atoms with E-state index in [9.17, 15) is 22.0 Å². The lowest BCUT2D eigenvalue weighted by molar-refractivity contribution is -0.137. The predicted octanol–water partition coefficient (Wildman–Crippen LogP) is 5.77. The van der Waals surface area contributed by atoms with Crippen LogP contribution in [0, 0.1) is 11.6 Å². The van der Waals surface area contributed by atoms with Crippen LogP contribution in [0.4, 0.5) is 22.0 Å². The van der Waals surface area contributed by atoms with Crippen LogP contribution in [-0.2, 0) is 6.18 Å². The van der Waals surface area contributed by atoms with E-state index >= 15 is 0 Å². The highest BCUT2D eigenvalue weighted by Gasteiger charge is 2.31. The van der Waals surface area contributed by atoms with Gasteiger partial charge in [-0.05, 0) is 41.3 Å². The normalized spacial score (nSPS) is 12.0. The van der Waals surface area contributed by atoms with Gasteiger partial charge in [0.1, 0.15) is 11.6 Å². The average Bonchev–Trinajstić information content (AvgIpc) is 2.37. The van der Waals surface area contributed by atoms with E-state index in [1.54, 1.807) is 0 Å². The molecule has 2 aromatic rings. The van der Waals surface area contributed by atoms with Gasteiger partial charge in [0.25, 0.3) is 0 Å². The van der Waals surface area contributed by atoms with Gasteiger partial charge in [0.2, 0.25) is 0 Å². The molecule has 0 heterocycles. The van der Waals surface area contributed by atoms with Gasteiger partial charge >= 0.3 is 6.18 Å². The van der Waals surface area contributed by atoms with Crippen LogP contribution in [0.2, 0.25) is 0 Å². The van der Waals surface area contributed by atoms with Gasteiger partial charge in [-0.1, -0.05) is 26.0 Å². The van der Waals surface area contributed by atoms with Crippen LogP contribution in [0.15, 0.2) is 36.4 Å². The molecule has 21 heavy (non-hydrogen) atoms. The standard InChI is InChI=1S/C16H13F5/c1-9(2)12-6-4-11(17)8-14(12)13-5-3-10(7-15(13)18)16(19,20)21/h3-9H,1-2H3. The Hall–Kier alpha value is -1.91. The van der Waals surface area contributed by atoms with Gasteiger partial charge in [-0.2, -0.15) is 13.2 Å². The van der Waals surface area contributed by atoms with E-state index in [-0.39, 0.29) is 17.0 Å². The van der Waals surface area contributed by atoms with Crippen molar-refractivity contribution in [2.24, 2.45) is 0 Å². The lowest BCUT2D eigenvalue weighted by Gasteiger charge is -2.15. The molecule has 0 saturated heterocycles. The van der Waals surface area contributed by atoms with Crippen molar-refractivity contribution in [3.8, 4) is 11.1 Å². The molecule has 0 fully saturated rings. The molecule has 0 unspecified atom stereocenters. The fourth-order valence-corrected chi connectivity index (χ4v) is 2.18. The lowest BCUT2D eigenvalue weighted by Crippen LogP contribution is -2.06. The maximum atomic E-state index is 14.0. The molecule has 0 aliphatic carbocycles. The molecular formula is C16H13F5. The number of benzene rings is 2. The van der Waals surface area contributed by atoms with E-state index in [4.69, 9.17) is 0 Å². The number of hydrogen-bond donors (Lipinski definition) is 0. The molecule has 112 valence electrons. The van der Waals surface area contributed by atoms with Crippen molar-refractivity contribution in [1.82, 2.24) is 0 Å². The largest absolute Gasteiger partial charge is 0.416 e. The average molecular weight is 300 g/mol. The third-order valence-corrected chi connectivity index (χ3v) is 3.22. The Morgan fingerprint density at radius 3 is 2.05 bits per heavy atom. The third-order valence-electron chi connectivity index (χ3n) is 3.22. The number of hydrogen-bond acceptors (Lipinski definition) is 0. The summed E-state index contributed by atoms with van der Waals surface area (Å²) in [5.41, 5.74) is -0.149. The summed E-state index contributed by atoms with van der Waals surface area (Å²) >= 11 is 0. The van der Waals surface area contributed by atoms with Gasteiger partial charge in [-0.25, -0.2) is 8.78 Å². The van der Waals surface area contributed by atoms with Crippen molar-refractivity contribution in [3.63, 3.8) is 0 Å². The van der Waals surface area contributed by atoms with Gasteiger partial charge in [0.15, 0.2) is 0 Å². The van der Waals surface area contributed by atoms with Crippen molar-refractivity contribution in [3.05, 3.63) is 59.2 Å². The fraction of sp³-hybridized carbons (Fsp3) is 0.250. The minimum Gasteiger partial charge on any atom is -0.207 e. The Kier molecular flexibility index (Phi) is 4.03. The van der Waals surface area contributed by atoms with Gasteiger partial charge in [0, 0.05) is 5.56 Å². The summed E-state index contributed by atoms with van der Waals surface area (Å²) in [6.07, 6.45) is -4.61. The maximum Gasteiger partial charge on any atom is 0.416 e. The first-order valence-corrected chi connectivity index (χ1v) is 6.36. The number of alkyl halides is 3. The number of halogens is 5. The molecule has 2 aromatic carbocycles. The first-order chi connectivity index (χ1) is 9.70. The molecular weight excluding hydrogens is 287 g/mol. The van der Waals surface area contributed by atoms with Crippen molar-refractivity contribution in [2.75, 3.05) is 0 Å². The summed E-state index contributed by atoms with van der Waals surface area (Å²) < 4.78 is 65.1. The predicted molar refractivity (Wildman–Crippen MR) is 70.9 cm³/mol. The first-order valence-electron chi connectivity index (χ1n) is 6.36. The van der Waals surface area contributed by atoms with Crippen LogP contribution < -0.4 is 0 Å². The fourth-order valence-electron chi connectivity index (χ4n) is 2.18. The quantitative estimate of drug-likeness (QED) is 0.617. The second kappa shape index (κ2) is 5.47. The highest BCUT2D eigenvalue weighted by molar-refractivity contribution is 5.69. The maximum absolute atomic E-state index is 14.0. The summed E-state index contributed by atoms with van der Waals surface area (Å²) in [7, 11) is 0. The lowest BCUT2D eigenvalue weighted by atomic mass is 9.91. The Bertz CT molecular complexity index is 656. The topological polar surface area (TPSA) is 0 Å². The molecule has 0 bridgehead atoms. The van der Waals surface area contributed by atoms with E-state index in [1.165, 1.54) is 12.1 Å². The van der Waals surface area contributed by atoms with Crippen molar-refractivity contribution >= 4 is 0 Å². The summed E-state index contributed by atoms with van der Waals surface area (Å²) in [6.45, 7) is 3.69. The number of rotatable bonds is 2. The van der Waals surface area contributed by atoms with Crippen molar-refractivity contribution < 1.29 is 22.0 Å². The van der Waals surface area contributed by atoms with E-state index < -0.39 is 23.4 Å². The Morgan fingerprint density at radius 1 is 0.857 bits per heavy atom. The summed E-state index contributed by atoms with van der Waals surface area (Å²) in [5.74, 6) is -1.59. The summed E-state index contributed by atoms with van der Waals surface area (Å²) in [5, 5.41) is 0. The SMILES string of the molecule is CC(C)c1ccc(F)cc1-c1ccc(C(F)(F)F)cc1F. The molecule has 5 heteroatoms. The van der Waals surface area contributed by atoms with Crippen molar-refractivity contribution in [1.29, 1.82) is 0 Å². The molecule has 0 radical (unpaired) electrons. The van der Waals surface area contributed by atoms with E-state index in [0.29, 0.717) is 11.6 Å². The Morgan fingerprint density at radius 2 is 1.52 bits per heavy atom. The highest BCUT2D eigenvalue weighted by atomic mass is 19.4. The Balaban J connectivity index is 2.60. The second-order valence-electron chi connectivity index (χ2n) is 5.08. The van der Waals surface area contributed by atoms with E-state index in [1.807, 2.05) is 13.8 Å². The highest BCUT2D eigenvalue weighted by Crippen LogP contribution is 2.35. The molecule has 0 aliphatic rings. The van der Waals surface area contributed by atoms with Gasteiger partial charge in [-0.3, -0.25) is 0 Å². The van der Waals surface area contributed by atoms with Crippen LogP contribution in [0.1, 0.15) is 30.9 Å². The molecule has 0 saturated carbocycles. The Labute approximate surface area is 119 Å². The van der Waals surface area contributed by atoms with E-state index in [2.05, 4.69) is 0 Å². The molecule has 0 atom stereocenters. The van der Waals surface area contributed by atoms with Crippen LogP contribution in [-0.4, -0.2) is 0 Å². The zero-order chi connectivity index (χ0) is 15.8. The molecule has 0 aromatic heterocycles. The molecule has 0 aliphatic heterocycles. The van der Waals surface area contributed by atoms with Crippen LogP contribution in [0.3, 0.4) is 0 Å². The molecule has 0 spiro atoms. The zero-order valence-corrected chi connectivity index (χ0v) is 11.4. The molecule has 0 N–H and O–H groups in total. The summed E-state index contributed by atoms with van der Waals surface area (Å²) in [6, 6.07) is 6.19. The second-order valence-corrected chi connectivity index (χ2v) is 5.08. The van der Waals surface area contributed by atoms with Gasteiger partial charge in [0.05, 0.1) is 5.56 Å².